The molecule has 1 fully saturated rings. The summed E-state index contributed by atoms with van der Waals surface area (Å²) in [5, 5.41) is 0. The van der Waals surface area contributed by atoms with E-state index in [1.807, 2.05) is 11.0 Å². The Morgan fingerprint density at radius 3 is 2.78 bits per heavy atom. The topological polar surface area (TPSA) is 20.3 Å². The Morgan fingerprint density at radius 2 is 2.22 bits per heavy atom. The third-order valence-electron chi connectivity index (χ3n) is 3.94. The molecule has 4 heteroatoms. The van der Waals surface area contributed by atoms with Crippen molar-refractivity contribution >= 4 is 28.8 Å². The van der Waals surface area contributed by atoms with Gasteiger partial charge in [0.05, 0.1) is 9.21 Å². The van der Waals surface area contributed by atoms with Crippen LogP contribution in [0.15, 0.2) is 12.1 Å². The van der Waals surface area contributed by atoms with Gasteiger partial charge in [-0.2, -0.15) is 0 Å². The minimum Gasteiger partial charge on any atom is -0.338 e. The van der Waals surface area contributed by atoms with Crippen LogP contribution in [0.4, 0.5) is 0 Å². The lowest BCUT2D eigenvalue weighted by atomic mass is 9.79. The molecule has 1 aromatic rings. The zero-order valence-electron chi connectivity index (χ0n) is 11.1. The van der Waals surface area contributed by atoms with Crippen LogP contribution in [-0.4, -0.2) is 23.9 Å². The van der Waals surface area contributed by atoms with Gasteiger partial charge in [0, 0.05) is 13.1 Å². The molecule has 100 valence electrons. The molecule has 0 bridgehead atoms. The lowest BCUT2D eigenvalue weighted by Gasteiger charge is -2.39. The fourth-order valence-corrected chi connectivity index (χ4v) is 3.75. The number of amides is 1. The Bertz CT molecular complexity index is 429. The van der Waals surface area contributed by atoms with E-state index in [1.165, 1.54) is 11.3 Å². The minimum absolute atomic E-state index is 0.143. The highest BCUT2D eigenvalue weighted by Crippen LogP contribution is 2.31. The molecule has 0 aromatic carbocycles. The van der Waals surface area contributed by atoms with Crippen molar-refractivity contribution in [2.45, 2.75) is 27.2 Å². The van der Waals surface area contributed by atoms with E-state index in [4.69, 9.17) is 11.6 Å². The Kier molecular flexibility index (Phi) is 4.33. The van der Waals surface area contributed by atoms with Gasteiger partial charge in [-0.1, -0.05) is 32.4 Å². The van der Waals surface area contributed by atoms with Crippen molar-refractivity contribution in [3.63, 3.8) is 0 Å². The number of hydrogen-bond acceptors (Lipinski definition) is 2. The Morgan fingerprint density at radius 1 is 1.50 bits per heavy atom. The van der Waals surface area contributed by atoms with Gasteiger partial charge in [-0.15, -0.1) is 11.3 Å². The summed E-state index contributed by atoms with van der Waals surface area (Å²) in [6.07, 6.45) is 1.10. The van der Waals surface area contributed by atoms with Crippen molar-refractivity contribution in [2.24, 2.45) is 17.8 Å². The maximum absolute atomic E-state index is 12.4. The van der Waals surface area contributed by atoms with Crippen molar-refractivity contribution in [1.29, 1.82) is 0 Å². The molecule has 0 N–H and O–H groups in total. The van der Waals surface area contributed by atoms with Crippen LogP contribution in [0.1, 0.15) is 36.9 Å². The standard InChI is InChI=1S/C14H20ClNOS/c1-9(2)11-8-16(7-6-10(11)3)14(17)12-4-5-13(15)18-12/h4-5,9-11H,6-8H2,1-3H3/t10-,11-/m1/s1. The van der Waals surface area contributed by atoms with E-state index in [2.05, 4.69) is 20.8 Å². The SMILES string of the molecule is CC(C)[C@H]1CN(C(=O)c2ccc(Cl)s2)CC[C@H]1C. The fraction of sp³-hybridized carbons (Fsp3) is 0.643. The average Bonchev–Trinajstić information content (AvgIpc) is 2.75. The van der Waals surface area contributed by atoms with Crippen molar-refractivity contribution in [1.82, 2.24) is 4.90 Å². The third-order valence-corrected chi connectivity index (χ3v) is 5.16. The predicted octanol–water partition coefficient (Wildman–Crippen LogP) is 4.16. The van der Waals surface area contributed by atoms with E-state index in [0.29, 0.717) is 22.1 Å². The summed E-state index contributed by atoms with van der Waals surface area (Å²) in [7, 11) is 0. The summed E-state index contributed by atoms with van der Waals surface area (Å²) in [6, 6.07) is 3.63. The first kappa shape index (κ1) is 13.9. The largest absolute Gasteiger partial charge is 0.338 e. The molecule has 0 radical (unpaired) electrons. The number of nitrogens with zero attached hydrogens (tertiary/aromatic N) is 1. The number of thiophene rings is 1. The molecule has 0 spiro atoms. The number of carbonyl (C=O) groups excluding carboxylic acids is 1. The van der Waals surface area contributed by atoms with Crippen LogP contribution in [0.2, 0.25) is 4.34 Å². The van der Waals surface area contributed by atoms with Crippen LogP contribution in [0.25, 0.3) is 0 Å². The van der Waals surface area contributed by atoms with Gasteiger partial charge in [-0.25, -0.2) is 0 Å². The molecule has 18 heavy (non-hydrogen) atoms. The second-order valence-corrected chi connectivity index (χ2v) is 7.24. The maximum Gasteiger partial charge on any atom is 0.263 e. The molecule has 1 aliphatic heterocycles. The highest BCUT2D eigenvalue weighted by atomic mass is 35.5. The van der Waals surface area contributed by atoms with E-state index in [1.54, 1.807) is 6.07 Å². The smallest absolute Gasteiger partial charge is 0.263 e. The van der Waals surface area contributed by atoms with Crippen molar-refractivity contribution in [2.75, 3.05) is 13.1 Å². The Labute approximate surface area is 118 Å². The molecule has 2 rings (SSSR count). The summed E-state index contributed by atoms with van der Waals surface area (Å²) in [5.41, 5.74) is 0. The van der Waals surface area contributed by atoms with Crippen LogP contribution in [0.3, 0.4) is 0 Å². The lowest BCUT2D eigenvalue weighted by molar-refractivity contribution is 0.0553. The summed E-state index contributed by atoms with van der Waals surface area (Å²) in [6.45, 7) is 8.55. The molecular formula is C14H20ClNOS. The van der Waals surface area contributed by atoms with Crippen molar-refractivity contribution in [3.8, 4) is 0 Å². The molecule has 2 nitrogen and oxygen atoms in total. The molecule has 0 saturated carbocycles. The fourth-order valence-electron chi connectivity index (χ4n) is 2.74. The van der Waals surface area contributed by atoms with Gasteiger partial charge in [0.25, 0.3) is 5.91 Å². The Hall–Kier alpha value is -0.540. The molecule has 0 aliphatic carbocycles. The second-order valence-electron chi connectivity index (χ2n) is 5.53. The minimum atomic E-state index is 0.143. The van der Waals surface area contributed by atoms with E-state index in [9.17, 15) is 4.79 Å². The van der Waals surface area contributed by atoms with E-state index < -0.39 is 0 Å². The summed E-state index contributed by atoms with van der Waals surface area (Å²) in [4.78, 5) is 15.1. The number of carbonyl (C=O) groups is 1. The average molecular weight is 286 g/mol. The Balaban J connectivity index is 2.08. The van der Waals surface area contributed by atoms with E-state index in [-0.39, 0.29) is 5.91 Å². The van der Waals surface area contributed by atoms with Crippen LogP contribution < -0.4 is 0 Å². The van der Waals surface area contributed by atoms with Gasteiger partial charge in [0.15, 0.2) is 0 Å². The van der Waals surface area contributed by atoms with Crippen molar-refractivity contribution in [3.05, 3.63) is 21.3 Å². The number of halogens is 1. The first-order chi connectivity index (χ1) is 8.49. The predicted molar refractivity (Wildman–Crippen MR) is 77.3 cm³/mol. The molecule has 0 unspecified atom stereocenters. The highest BCUT2D eigenvalue weighted by Gasteiger charge is 2.31. The first-order valence-corrected chi connectivity index (χ1v) is 7.73. The van der Waals surface area contributed by atoms with Gasteiger partial charge in [-0.05, 0) is 36.3 Å². The third kappa shape index (κ3) is 2.89. The number of hydrogen-bond donors (Lipinski definition) is 0. The van der Waals surface area contributed by atoms with E-state index in [0.717, 1.165) is 24.4 Å². The van der Waals surface area contributed by atoms with Crippen LogP contribution in [-0.2, 0) is 0 Å². The van der Waals surface area contributed by atoms with Crippen LogP contribution >= 0.6 is 22.9 Å². The quantitative estimate of drug-likeness (QED) is 0.799. The zero-order chi connectivity index (χ0) is 13.3. The molecule has 2 atom stereocenters. The monoisotopic (exact) mass is 285 g/mol. The van der Waals surface area contributed by atoms with Gasteiger partial charge >= 0.3 is 0 Å². The molecule has 2 heterocycles. The maximum atomic E-state index is 12.4. The van der Waals surface area contributed by atoms with Crippen molar-refractivity contribution < 1.29 is 4.79 Å². The number of rotatable bonds is 2. The second kappa shape index (κ2) is 5.62. The van der Waals surface area contributed by atoms with Gasteiger partial charge < -0.3 is 4.90 Å². The van der Waals surface area contributed by atoms with E-state index >= 15 is 0 Å². The molecule has 1 amide bonds. The zero-order valence-corrected chi connectivity index (χ0v) is 12.7. The molecule has 1 saturated heterocycles. The molecule has 1 aromatic heterocycles. The molecular weight excluding hydrogens is 266 g/mol. The number of piperidine rings is 1. The highest BCUT2D eigenvalue weighted by molar-refractivity contribution is 7.17. The first-order valence-electron chi connectivity index (χ1n) is 6.53. The number of likely N-dealkylation sites (tertiary alicyclic amines) is 1. The normalized spacial score (nSPS) is 24.6. The van der Waals surface area contributed by atoms with Crippen LogP contribution in [0.5, 0.6) is 0 Å². The van der Waals surface area contributed by atoms with Gasteiger partial charge in [-0.3, -0.25) is 4.79 Å². The van der Waals surface area contributed by atoms with Crippen LogP contribution in [0, 0.1) is 17.8 Å². The summed E-state index contributed by atoms with van der Waals surface area (Å²) >= 11 is 7.27. The van der Waals surface area contributed by atoms with Gasteiger partial charge in [0.1, 0.15) is 0 Å². The van der Waals surface area contributed by atoms with Gasteiger partial charge in [0.2, 0.25) is 0 Å². The summed E-state index contributed by atoms with van der Waals surface area (Å²) < 4.78 is 0.684. The molecule has 1 aliphatic rings. The lowest BCUT2D eigenvalue weighted by Crippen LogP contribution is -2.44. The summed E-state index contributed by atoms with van der Waals surface area (Å²) in [5.74, 6) is 2.09.